The number of hydrogen-bond acceptors (Lipinski definition) is 5. The van der Waals surface area contributed by atoms with Crippen LogP contribution in [-0.4, -0.2) is 31.3 Å². The summed E-state index contributed by atoms with van der Waals surface area (Å²) in [4.78, 5) is 3.80. The van der Waals surface area contributed by atoms with E-state index in [0.717, 1.165) is 4.31 Å². The number of nitriles is 1. The standard InChI is InChI=1S/C10H14N4O2S/c1-8(5-11)7-14(2)17(15,16)9-3-4-10(12)13-6-9/h3-4,6,8H,7H2,1-2H3,(H2,12,13). The summed E-state index contributed by atoms with van der Waals surface area (Å²) in [7, 11) is -2.17. The smallest absolute Gasteiger partial charge is 0.244 e. The van der Waals surface area contributed by atoms with Gasteiger partial charge < -0.3 is 5.73 Å². The van der Waals surface area contributed by atoms with Gasteiger partial charge >= 0.3 is 0 Å². The van der Waals surface area contributed by atoms with Crippen molar-refractivity contribution >= 4 is 15.8 Å². The predicted molar refractivity (Wildman–Crippen MR) is 63.2 cm³/mol. The molecule has 0 radical (unpaired) electrons. The molecule has 0 aliphatic heterocycles. The molecule has 1 aromatic heterocycles. The van der Waals surface area contributed by atoms with Gasteiger partial charge in [0.25, 0.3) is 0 Å². The Labute approximate surface area is 101 Å². The lowest BCUT2D eigenvalue weighted by atomic mass is 10.2. The second-order valence-electron chi connectivity index (χ2n) is 3.73. The third kappa shape index (κ3) is 3.15. The van der Waals surface area contributed by atoms with Gasteiger partial charge in [-0.25, -0.2) is 13.4 Å². The third-order valence-corrected chi connectivity index (χ3v) is 4.03. The van der Waals surface area contributed by atoms with Crippen molar-refractivity contribution in [3.63, 3.8) is 0 Å². The maximum atomic E-state index is 12.0. The van der Waals surface area contributed by atoms with E-state index >= 15 is 0 Å². The molecule has 1 rings (SSSR count). The summed E-state index contributed by atoms with van der Waals surface area (Å²) in [6, 6.07) is 4.81. The molecular weight excluding hydrogens is 240 g/mol. The summed E-state index contributed by atoms with van der Waals surface area (Å²) in [6.45, 7) is 1.80. The molecule has 92 valence electrons. The minimum absolute atomic E-state index is 0.0688. The molecule has 0 spiro atoms. The second-order valence-corrected chi connectivity index (χ2v) is 5.78. The highest BCUT2D eigenvalue weighted by Gasteiger charge is 2.22. The van der Waals surface area contributed by atoms with Gasteiger partial charge in [-0.05, 0) is 19.1 Å². The molecule has 7 heteroatoms. The van der Waals surface area contributed by atoms with E-state index in [1.807, 2.05) is 6.07 Å². The molecule has 0 saturated carbocycles. The largest absolute Gasteiger partial charge is 0.384 e. The number of nitrogens with two attached hydrogens (primary N) is 1. The number of nitrogens with zero attached hydrogens (tertiary/aromatic N) is 3. The first-order valence-corrected chi connectivity index (χ1v) is 6.39. The monoisotopic (exact) mass is 254 g/mol. The van der Waals surface area contributed by atoms with E-state index in [-0.39, 0.29) is 23.2 Å². The molecule has 0 bridgehead atoms. The van der Waals surface area contributed by atoms with E-state index in [1.54, 1.807) is 6.92 Å². The number of hydrogen-bond donors (Lipinski definition) is 1. The van der Waals surface area contributed by atoms with Gasteiger partial charge in [0.05, 0.1) is 12.0 Å². The number of aromatic nitrogens is 1. The molecule has 17 heavy (non-hydrogen) atoms. The quantitative estimate of drug-likeness (QED) is 0.840. The van der Waals surface area contributed by atoms with E-state index in [1.165, 1.54) is 25.4 Å². The highest BCUT2D eigenvalue weighted by Crippen LogP contribution is 2.15. The minimum atomic E-state index is -3.60. The highest BCUT2D eigenvalue weighted by atomic mass is 32.2. The van der Waals surface area contributed by atoms with Gasteiger partial charge in [-0.3, -0.25) is 0 Å². The number of sulfonamides is 1. The zero-order valence-corrected chi connectivity index (χ0v) is 10.5. The first-order chi connectivity index (χ1) is 7.87. The van der Waals surface area contributed by atoms with E-state index in [4.69, 9.17) is 11.0 Å². The minimum Gasteiger partial charge on any atom is -0.384 e. The van der Waals surface area contributed by atoms with E-state index < -0.39 is 10.0 Å². The van der Waals surface area contributed by atoms with Crippen LogP contribution >= 0.6 is 0 Å². The van der Waals surface area contributed by atoms with Gasteiger partial charge in [0, 0.05) is 19.8 Å². The highest BCUT2D eigenvalue weighted by molar-refractivity contribution is 7.89. The first-order valence-electron chi connectivity index (χ1n) is 4.95. The Hall–Kier alpha value is -1.65. The predicted octanol–water partition coefficient (Wildman–Crippen LogP) is 0.444. The van der Waals surface area contributed by atoms with Crippen LogP contribution in [0.5, 0.6) is 0 Å². The summed E-state index contributed by atoms with van der Waals surface area (Å²) in [5, 5.41) is 8.66. The lowest BCUT2D eigenvalue weighted by molar-refractivity contribution is 0.439. The lowest BCUT2D eigenvalue weighted by Gasteiger charge is -2.17. The number of nitrogen functional groups attached to an aromatic ring is 1. The average Bonchev–Trinajstić information content (AvgIpc) is 2.29. The van der Waals surface area contributed by atoms with Gasteiger partial charge in [-0.1, -0.05) is 0 Å². The third-order valence-electron chi connectivity index (χ3n) is 2.22. The summed E-state index contributed by atoms with van der Waals surface area (Å²) in [5.41, 5.74) is 5.39. The zero-order chi connectivity index (χ0) is 13.1. The molecule has 6 nitrogen and oxygen atoms in total. The topological polar surface area (TPSA) is 100 Å². The fraction of sp³-hybridized carbons (Fsp3) is 0.400. The SMILES string of the molecule is CC(C#N)CN(C)S(=O)(=O)c1ccc(N)nc1. The first kappa shape index (κ1) is 13.4. The molecule has 0 saturated heterocycles. The second kappa shape index (κ2) is 5.12. The van der Waals surface area contributed by atoms with Crippen LogP contribution in [0.4, 0.5) is 5.82 Å². The summed E-state index contributed by atoms with van der Waals surface area (Å²) in [6.07, 6.45) is 1.21. The number of anilines is 1. The Kier molecular flexibility index (Phi) is 4.04. The maximum absolute atomic E-state index is 12.0. The van der Waals surface area contributed by atoms with Crippen molar-refractivity contribution in [2.24, 2.45) is 5.92 Å². The summed E-state index contributed by atoms with van der Waals surface area (Å²) in [5.74, 6) is -0.103. The molecule has 2 N–H and O–H groups in total. The van der Waals surface area contributed by atoms with Gasteiger partial charge in [-0.15, -0.1) is 0 Å². The van der Waals surface area contributed by atoms with Crippen molar-refractivity contribution < 1.29 is 8.42 Å². The van der Waals surface area contributed by atoms with Crippen molar-refractivity contribution in [3.05, 3.63) is 18.3 Å². The molecule has 0 fully saturated rings. The van der Waals surface area contributed by atoms with Crippen molar-refractivity contribution in [2.75, 3.05) is 19.3 Å². The summed E-state index contributed by atoms with van der Waals surface area (Å²) >= 11 is 0. The molecule has 1 atom stereocenters. The van der Waals surface area contributed by atoms with Crippen LogP contribution in [0.15, 0.2) is 23.2 Å². The van der Waals surface area contributed by atoms with Crippen LogP contribution in [0, 0.1) is 17.2 Å². The van der Waals surface area contributed by atoms with Gasteiger partial charge in [0.1, 0.15) is 10.7 Å². The molecule has 1 aromatic rings. The average molecular weight is 254 g/mol. The van der Waals surface area contributed by atoms with Crippen LogP contribution in [0.25, 0.3) is 0 Å². The molecule has 0 aliphatic rings. The van der Waals surface area contributed by atoms with Crippen molar-refractivity contribution in [1.29, 1.82) is 5.26 Å². The van der Waals surface area contributed by atoms with Crippen molar-refractivity contribution in [3.8, 4) is 6.07 Å². The Morgan fingerprint density at radius 1 is 1.59 bits per heavy atom. The Balaban J connectivity index is 2.96. The van der Waals surface area contributed by atoms with Gasteiger partial charge in [0.2, 0.25) is 10.0 Å². The maximum Gasteiger partial charge on any atom is 0.244 e. The Bertz CT molecular complexity index is 518. The van der Waals surface area contributed by atoms with Crippen molar-refractivity contribution in [2.45, 2.75) is 11.8 Å². The molecule has 0 aliphatic carbocycles. The molecule has 1 heterocycles. The number of rotatable bonds is 4. The molecule has 1 unspecified atom stereocenters. The van der Waals surface area contributed by atoms with Crippen LogP contribution in [0.2, 0.25) is 0 Å². The fourth-order valence-electron chi connectivity index (χ4n) is 1.25. The summed E-state index contributed by atoms with van der Waals surface area (Å²) < 4.78 is 25.2. The van der Waals surface area contributed by atoms with Gasteiger partial charge in [0.15, 0.2) is 0 Å². The van der Waals surface area contributed by atoms with Crippen molar-refractivity contribution in [1.82, 2.24) is 9.29 Å². The molecular formula is C10H14N4O2S. The number of pyridine rings is 1. The van der Waals surface area contributed by atoms with Crippen LogP contribution in [0.1, 0.15) is 6.92 Å². The van der Waals surface area contributed by atoms with E-state index in [9.17, 15) is 8.42 Å². The molecule has 0 amide bonds. The Morgan fingerprint density at radius 2 is 2.24 bits per heavy atom. The molecule has 0 aromatic carbocycles. The van der Waals surface area contributed by atoms with E-state index in [0.29, 0.717) is 0 Å². The van der Waals surface area contributed by atoms with Gasteiger partial charge in [-0.2, -0.15) is 9.57 Å². The fourth-order valence-corrected chi connectivity index (χ4v) is 2.45. The normalized spacial score (nSPS) is 13.3. The van der Waals surface area contributed by atoms with Crippen LogP contribution in [0.3, 0.4) is 0 Å². The van der Waals surface area contributed by atoms with Crippen LogP contribution < -0.4 is 5.73 Å². The zero-order valence-electron chi connectivity index (χ0n) is 9.66. The Morgan fingerprint density at radius 3 is 2.71 bits per heavy atom. The van der Waals surface area contributed by atoms with E-state index in [2.05, 4.69) is 4.98 Å². The van der Waals surface area contributed by atoms with Crippen LogP contribution in [-0.2, 0) is 10.0 Å². The lowest BCUT2D eigenvalue weighted by Crippen LogP contribution is -2.30.